The number of rotatable bonds is 4. The zero-order valence-electron chi connectivity index (χ0n) is 17.2. The maximum Gasteiger partial charge on any atom is 0.293 e. The van der Waals surface area contributed by atoms with Crippen LogP contribution in [0, 0.1) is 5.92 Å². The molecule has 154 valence electrons. The molecular weight excluding hydrogens is 378 g/mol. The largest absolute Gasteiger partial charge is 0.339 e. The minimum absolute atomic E-state index is 0.0380. The van der Waals surface area contributed by atoms with Gasteiger partial charge in [0.25, 0.3) is 5.91 Å². The minimum Gasteiger partial charge on any atom is -0.339 e. The summed E-state index contributed by atoms with van der Waals surface area (Å²) in [6.45, 7) is 5.83. The summed E-state index contributed by atoms with van der Waals surface area (Å²) in [6.07, 6.45) is 0. The summed E-state index contributed by atoms with van der Waals surface area (Å²) >= 11 is 0. The third-order valence-electron chi connectivity index (χ3n) is 5.20. The maximum absolute atomic E-state index is 13.1. The van der Waals surface area contributed by atoms with Gasteiger partial charge in [0.05, 0.1) is 5.69 Å². The van der Waals surface area contributed by atoms with Crippen LogP contribution in [0.2, 0.25) is 0 Å². The van der Waals surface area contributed by atoms with E-state index in [1.165, 1.54) is 0 Å². The Morgan fingerprint density at radius 3 is 2.00 bits per heavy atom. The van der Waals surface area contributed by atoms with Gasteiger partial charge in [0.1, 0.15) is 0 Å². The smallest absolute Gasteiger partial charge is 0.293 e. The molecule has 7 heteroatoms. The first-order valence-corrected chi connectivity index (χ1v) is 10.2. The lowest BCUT2D eigenvalue weighted by Crippen LogP contribution is -2.51. The fourth-order valence-electron chi connectivity index (χ4n) is 3.56. The Kier molecular flexibility index (Phi) is 5.61. The van der Waals surface area contributed by atoms with Crippen molar-refractivity contribution >= 4 is 11.8 Å². The number of nitrogens with zero attached hydrogens (tertiary/aromatic N) is 5. The monoisotopic (exact) mass is 403 g/mol. The standard InChI is InChI=1S/C23H25N5O2/c1-17(2)22(29)26-13-15-27(16-14-26)23(30)20-24-21(18-9-5-3-6-10-18)28(25-20)19-11-7-4-8-12-19/h3-12,17H,13-16H2,1-2H3. The summed E-state index contributed by atoms with van der Waals surface area (Å²) in [7, 11) is 0. The third kappa shape index (κ3) is 3.96. The summed E-state index contributed by atoms with van der Waals surface area (Å²) in [5.74, 6) is 0.669. The molecule has 0 spiro atoms. The van der Waals surface area contributed by atoms with Crippen molar-refractivity contribution in [1.29, 1.82) is 0 Å². The number of carbonyl (C=O) groups is 2. The van der Waals surface area contributed by atoms with E-state index in [0.717, 1.165) is 11.3 Å². The van der Waals surface area contributed by atoms with Crippen molar-refractivity contribution in [3.63, 3.8) is 0 Å². The van der Waals surface area contributed by atoms with Gasteiger partial charge in [0.15, 0.2) is 5.82 Å². The second kappa shape index (κ2) is 8.49. The minimum atomic E-state index is -0.210. The fourth-order valence-corrected chi connectivity index (χ4v) is 3.56. The van der Waals surface area contributed by atoms with E-state index in [-0.39, 0.29) is 23.6 Å². The zero-order valence-corrected chi connectivity index (χ0v) is 17.2. The van der Waals surface area contributed by atoms with Gasteiger partial charge >= 0.3 is 0 Å². The maximum atomic E-state index is 13.1. The van der Waals surface area contributed by atoms with Crippen molar-refractivity contribution in [3.8, 4) is 17.1 Å². The molecule has 2 aromatic carbocycles. The lowest BCUT2D eigenvalue weighted by molar-refractivity contribution is -0.135. The highest BCUT2D eigenvalue weighted by Crippen LogP contribution is 2.21. The van der Waals surface area contributed by atoms with Crippen molar-refractivity contribution in [2.24, 2.45) is 5.92 Å². The van der Waals surface area contributed by atoms with Crippen LogP contribution in [-0.2, 0) is 4.79 Å². The van der Waals surface area contributed by atoms with Crippen LogP contribution in [0.25, 0.3) is 17.1 Å². The van der Waals surface area contributed by atoms with E-state index < -0.39 is 0 Å². The predicted molar refractivity (Wildman–Crippen MR) is 114 cm³/mol. The van der Waals surface area contributed by atoms with Gasteiger partial charge in [-0.1, -0.05) is 62.4 Å². The first-order chi connectivity index (χ1) is 14.5. The van der Waals surface area contributed by atoms with E-state index in [1.807, 2.05) is 79.4 Å². The zero-order chi connectivity index (χ0) is 21.1. The van der Waals surface area contributed by atoms with Crippen LogP contribution >= 0.6 is 0 Å². The quantitative estimate of drug-likeness (QED) is 0.672. The molecule has 1 aliphatic heterocycles. The summed E-state index contributed by atoms with van der Waals surface area (Å²) in [5.41, 5.74) is 1.73. The highest BCUT2D eigenvalue weighted by atomic mass is 16.2. The molecule has 2 heterocycles. The van der Waals surface area contributed by atoms with Crippen LogP contribution in [0.5, 0.6) is 0 Å². The van der Waals surface area contributed by atoms with Crippen molar-refractivity contribution in [1.82, 2.24) is 24.6 Å². The van der Waals surface area contributed by atoms with Gasteiger partial charge in [0.2, 0.25) is 11.7 Å². The van der Waals surface area contributed by atoms with E-state index >= 15 is 0 Å². The molecule has 7 nitrogen and oxygen atoms in total. The molecule has 1 aliphatic rings. The molecule has 30 heavy (non-hydrogen) atoms. The molecule has 4 rings (SSSR count). The lowest BCUT2D eigenvalue weighted by atomic mass is 10.1. The van der Waals surface area contributed by atoms with E-state index in [0.29, 0.717) is 32.0 Å². The fraction of sp³-hybridized carbons (Fsp3) is 0.304. The average Bonchev–Trinajstić information content (AvgIpc) is 3.25. The van der Waals surface area contributed by atoms with Gasteiger partial charge in [-0.25, -0.2) is 9.67 Å². The number of para-hydroxylation sites is 1. The van der Waals surface area contributed by atoms with Crippen molar-refractivity contribution in [3.05, 3.63) is 66.5 Å². The number of amides is 2. The number of piperazine rings is 1. The number of hydrogen-bond donors (Lipinski definition) is 0. The summed E-state index contributed by atoms with van der Waals surface area (Å²) in [4.78, 5) is 33.5. The molecule has 1 aromatic heterocycles. The molecular formula is C23H25N5O2. The van der Waals surface area contributed by atoms with Crippen LogP contribution in [0.3, 0.4) is 0 Å². The number of hydrogen-bond acceptors (Lipinski definition) is 4. The Morgan fingerprint density at radius 1 is 0.833 bits per heavy atom. The Labute approximate surface area is 175 Å². The Morgan fingerprint density at radius 2 is 1.40 bits per heavy atom. The molecule has 0 aliphatic carbocycles. The molecule has 0 N–H and O–H groups in total. The van der Waals surface area contributed by atoms with Crippen LogP contribution < -0.4 is 0 Å². The molecule has 1 fully saturated rings. The summed E-state index contributed by atoms with van der Waals surface area (Å²) < 4.78 is 1.71. The average molecular weight is 403 g/mol. The van der Waals surface area contributed by atoms with Gasteiger partial charge in [-0.2, -0.15) is 0 Å². The predicted octanol–water partition coefficient (Wildman–Crippen LogP) is 2.87. The van der Waals surface area contributed by atoms with E-state index in [2.05, 4.69) is 10.1 Å². The van der Waals surface area contributed by atoms with Crippen LogP contribution in [0.1, 0.15) is 24.5 Å². The van der Waals surface area contributed by atoms with Crippen molar-refractivity contribution < 1.29 is 9.59 Å². The molecule has 3 aromatic rings. The van der Waals surface area contributed by atoms with Crippen molar-refractivity contribution in [2.75, 3.05) is 26.2 Å². The van der Waals surface area contributed by atoms with Gasteiger partial charge in [0, 0.05) is 37.7 Å². The van der Waals surface area contributed by atoms with Gasteiger partial charge in [-0.3, -0.25) is 9.59 Å². The second-order valence-electron chi connectivity index (χ2n) is 7.64. The summed E-state index contributed by atoms with van der Waals surface area (Å²) in [6, 6.07) is 19.4. The highest BCUT2D eigenvalue weighted by Gasteiger charge is 2.28. The molecule has 0 atom stereocenters. The van der Waals surface area contributed by atoms with Gasteiger partial charge in [-0.05, 0) is 12.1 Å². The second-order valence-corrected chi connectivity index (χ2v) is 7.64. The van der Waals surface area contributed by atoms with Crippen molar-refractivity contribution in [2.45, 2.75) is 13.8 Å². The van der Waals surface area contributed by atoms with Gasteiger partial charge in [-0.15, -0.1) is 5.10 Å². The SMILES string of the molecule is CC(C)C(=O)N1CCN(C(=O)c2nc(-c3ccccc3)n(-c3ccccc3)n2)CC1. The van der Waals surface area contributed by atoms with Gasteiger partial charge < -0.3 is 9.80 Å². The molecule has 0 unspecified atom stereocenters. The number of benzene rings is 2. The van der Waals surface area contributed by atoms with Crippen LogP contribution in [0.15, 0.2) is 60.7 Å². The van der Waals surface area contributed by atoms with E-state index in [9.17, 15) is 9.59 Å². The molecule has 2 amide bonds. The Balaban J connectivity index is 1.60. The molecule has 1 saturated heterocycles. The Hall–Kier alpha value is -3.48. The normalized spacial score (nSPS) is 14.2. The topological polar surface area (TPSA) is 71.3 Å². The molecule has 0 saturated carbocycles. The lowest BCUT2D eigenvalue weighted by Gasteiger charge is -2.35. The van der Waals surface area contributed by atoms with Crippen LogP contribution in [-0.4, -0.2) is 62.6 Å². The highest BCUT2D eigenvalue weighted by molar-refractivity contribution is 5.91. The number of aromatic nitrogens is 3. The first-order valence-electron chi connectivity index (χ1n) is 10.2. The summed E-state index contributed by atoms with van der Waals surface area (Å²) in [5, 5.41) is 4.55. The van der Waals surface area contributed by atoms with E-state index in [1.54, 1.807) is 9.58 Å². The molecule has 0 radical (unpaired) electrons. The Bertz CT molecular complexity index is 965. The van der Waals surface area contributed by atoms with Crippen LogP contribution in [0.4, 0.5) is 0 Å². The number of carbonyl (C=O) groups excluding carboxylic acids is 2. The third-order valence-corrected chi connectivity index (χ3v) is 5.20. The first kappa shape index (κ1) is 19.8. The van der Waals surface area contributed by atoms with E-state index in [4.69, 9.17) is 0 Å². The molecule has 0 bridgehead atoms.